The van der Waals surface area contributed by atoms with E-state index < -0.39 is 11.8 Å². The van der Waals surface area contributed by atoms with E-state index >= 15 is 0 Å². The molecule has 3 rings (SSSR count). The Hall–Kier alpha value is -2.38. The van der Waals surface area contributed by atoms with Gasteiger partial charge in [-0.15, -0.1) is 0 Å². The molecule has 0 aliphatic carbocycles. The summed E-state index contributed by atoms with van der Waals surface area (Å²) in [4.78, 5) is 38.2. The second-order valence-electron chi connectivity index (χ2n) is 6.05. The number of rotatable bonds is 5. The Labute approximate surface area is 169 Å². The van der Waals surface area contributed by atoms with Crippen molar-refractivity contribution in [3.05, 3.63) is 56.5 Å². The number of amides is 3. The minimum Gasteiger partial charge on any atom is -0.495 e. The molecule has 6 nitrogen and oxygen atoms in total. The molecule has 2 aromatic carbocycles. The zero-order valence-corrected chi connectivity index (χ0v) is 17.0. The average Bonchev–Trinajstić information content (AvgIpc) is 2.86. The maximum absolute atomic E-state index is 12.4. The molecule has 0 bridgehead atoms. The van der Waals surface area contributed by atoms with Crippen LogP contribution in [0, 0.1) is 6.92 Å². The van der Waals surface area contributed by atoms with E-state index in [1.807, 2.05) is 6.92 Å². The fraction of sp³-hybridized carbons (Fsp3) is 0.211. The third kappa shape index (κ3) is 3.84. The van der Waals surface area contributed by atoms with Crippen LogP contribution in [-0.2, 0) is 4.79 Å². The number of nitrogens with one attached hydrogen (secondary N) is 1. The van der Waals surface area contributed by atoms with E-state index in [2.05, 4.69) is 21.2 Å². The molecular formula is C19H16BrClN2O4. The number of hydrogen-bond acceptors (Lipinski definition) is 4. The molecule has 1 aliphatic heterocycles. The normalized spacial score (nSPS) is 13.0. The highest BCUT2D eigenvalue weighted by molar-refractivity contribution is 9.10. The molecule has 140 valence electrons. The number of nitrogens with zero attached hydrogens (tertiary/aromatic N) is 1. The van der Waals surface area contributed by atoms with Crippen LogP contribution in [0.5, 0.6) is 5.75 Å². The maximum atomic E-state index is 12.4. The Kier molecular flexibility index (Phi) is 5.53. The molecule has 2 aromatic rings. The molecule has 0 saturated heterocycles. The molecular weight excluding hydrogens is 436 g/mol. The van der Waals surface area contributed by atoms with Crippen molar-refractivity contribution in [2.75, 3.05) is 19.0 Å². The molecule has 3 amide bonds. The number of hydrogen-bond donors (Lipinski definition) is 1. The Morgan fingerprint density at radius 1 is 1.19 bits per heavy atom. The van der Waals surface area contributed by atoms with Crippen molar-refractivity contribution in [3.8, 4) is 5.75 Å². The highest BCUT2D eigenvalue weighted by Gasteiger charge is 2.35. The van der Waals surface area contributed by atoms with E-state index in [0.29, 0.717) is 32.1 Å². The molecule has 0 atom stereocenters. The van der Waals surface area contributed by atoms with Crippen molar-refractivity contribution in [3.63, 3.8) is 0 Å². The zero-order chi connectivity index (χ0) is 19.7. The number of carbonyl (C=O) groups excluding carboxylic acids is 3. The number of aryl methyl sites for hydroxylation is 1. The van der Waals surface area contributed by atoms with Crippen molar-refractivity contribution in [1.82, 2.24) is 4.90 Å². The fourth-order valence-corrected chi connectivity index (χ4v) is 3.34. The number of anilines is 1. The van der Waals surface area contributed by atoms with Gasteiger partial charge in [0.1, 0.15) is 5.75 Å². The summed E-state index contributed by atoms with van der Waals surface area (Å²) in [5.74, 6) is -0.698. The van der Waals surface area contributed by atoms with Crippen LogP contribution >= 0.6 is 27.5 Å². The van der Waals surface area contributed by atoms with E-state index in [1.54, 1.807) is 30.3 Å². The number of carbonyl (C=O) groups is 3. The summed E-state index contributed by atoms with van der Waals surface area (Å²) in [6.07, 6.45) is -0.0303. The van der Waals surface area contributed by atoms with Gasteiger partial charge in [-0.25, -0.2) is 0 Å². The van der Waals surface area contributed by atoms with Gasteiger partial charge in [0, 0.05) is 28.5 Å². The number of ether oxygens (including phenoxy) is 1. The quantitative estimate of drug-likeness (QED) is 0.696. The minimum atomic E-state index is -0.399. The van der Waals surface area contributed by atoms with Crippen molar-refractivity contribution in [1.29, 1.82) is 0 Å². The lowest BCUT2D eigenvalue weighted by atomic mass is 10.1. The number of imide groups is 1. The van der Waals surface area contributed by atoms with E-state index in [4.69, 9.17) is 16.3 Å². The number of benzene rings is 2. The second-order valence-corrected chi connectivity index (χ2v) is 7.37. The largest absolute Gasteiger partial charge is 0.495 e. The summed E-state index contributed by atoms with van der Waals surface area (Å²) in [7, 11) is 1.48. The van der Waals surface area contributed by atoms with Crippen molar-refractivity contribution in [2.24, 2.45) is 0 Å². The van der Waals surface area contributed by atoms with Gasteiger partial charge in [0.25, 0.3) is 11.8 Å². The third-order valence-electron chi connectivity index (χ3n) is 4.25. The number of methoxy groups -OCH3 is 1. The molecule has 0 aromatic heterocycles. The second kappa shape index (κ2) is 7.70. The van der Waals surface area contributed by atoms with E-state index in [9.17, 15) is 14.4 Å². The van der Waals surface area contributed by atoms with Crippen LogP contribution in [0.25, 0.3) is 0 Å². The lowest BCUT2D eigenvalue weighted by Crippen LogP contribution is -2.32. The molecule has 1 N–H and O–H groups in total. The lowest BCUT2D eigenvalue weighted by Gasteiger charge is -2.15. The summed E-state index contributed by atoms with van der Waals surface area (Å²) < 4.78 is 5.94. The van der Waals surface area contributed by atoms with Crippen LogP contribution in [0.2, 0.25) is 5.02 Å². The SMILES string of the molecule is COc1cc(Cl)c(C)cc1NC(=O)CCN1C(=O)c2ccc(Br)cc2C1=O. The predicted octanol–water partition coefficient (Wildman–Crippen LogP) is 4.04. The van der Waals surface area contributed by atoms with Gasteiger partial charge < -0.3 is 10.1 Å². The highest BCUT2D eigenvalue weighted by Crippen LogP contribution is 2.31. The highest BCUT2D eigenvalue weighted by atomic mass is 79.9. The van der Waals surface area contributed by atoms with Gasteiger partial charge in [-0.2, -0.15) is 0 Å². The van der Waals surface area contributed by atoms with Crippen LogP contribution in [0.3, 0.4) is 0 Å². The Morgan fingerprint density at radius 2 is 1.89 bits per heavy atom. The summed E-state index contributed by atoms with van der Waals surface area (Å²) in [6, 6.07) is 8.24. The molecule has 0 radical (unpaired) electrons. The first-order valence-electron chi connectivity index (χ1n) is 8.11. The average molecular weight is 452 g/mol. The van der Waals surface area contributed by atoms with Crippen molar-refractivity contribution >= 4 is 50.9 Å². The van der Waals surface area contributed by atoms with E-state index in [-0.39, 0.29) is 18.9 Å². The van der Waals surface area contributed by atoms with E-state index in [0.717, 1.165) is 10.5 Å². The summed E-state index contributed by atoms with van der Waals surface area (Å²) in [5.41, 5.74) is 1.96. The monoisotopic (exact) mass is 450 g/mol. The Morgan fingerprint density at radius 3 is 2.59 bits per heavy atom. The van der Waals surface area contributed by atoms with E-state index in [1.165, 1.54) is 7.11 Å². The Bertz CT molecular complexity index is 961. The zero-order valence-electron chi connectivity index (χ0n) is 14.6. The van der Waals surface area contributed by atoms with Gasteiger partial charge in [0.2, 0.25) is 5.91 Å². The van der Waals surface area contributed by atoms with Gasteiger partial charge in [-0.05, 0) is 36.8 Å². The van der Waals surface area contributed by atoms with Crippen molar-refractivity contribution in [2.45, 2.75) is 13.3 Å². The molecule has 1 heterocycles. The third-order valence-corrected chi connectivity index (χ3v) is 5.15. The van der Waals surface area contributed by atoms with Crippen LogP contribution in [0.1, 0.15) is 32.7 Å². The van der Waals surface area contributed by atoms with Gasteiger partial charge >= 0.3 is 0 Å². The minimum absolute atomic E-state index is 0.00924. The smallest absolute Gasteiger partial charge is 0.261 e. The molecule has 8 heteroatoms. The van der Waals surface area contributed by atoms with Crippen molar-refractivity contribution < 1.29 is 19.1 Å². The molecule has 27 heavy (non-hydrogen) atoms. The summed E-state index contributed by atoms with van der Waals surface area (Å²) in [6.45, 7) is 1.80. The molecule has 1 aliphatic rings. The van der Waals surface area contributed by atoms with Gasteiger partial charge in [0.15, 0.2) is 0 Å². The summed E-state index contributed by atoms with van der Waals surface area (Å²) in [5, 5.41) is 3.26. The van der Waals surface area contributed by atoms with Crippen LogP contribution in [0.4, 0.5) is 5.69 Å². The van der Waals surface area contributed by atoms with Crippen LogP contribution in [-0.4, -0.2) is 36.3 Å². The molecule has 0 fully saturated rings. The molecule has 0 unspecified atom stereocenters. The molecule has 0 saturated carbocycles. The lowest BCUT2D eigenvalue weighted by molar-refractivity contribution is -0.116. The first-order chi connectivity index (χ1) is 12.8. The molecule has 0 spiro atoms. The number of fused-ring (bicyclic) bond motifs is 1. The fourth-order valence-electron chi connectivity index (χ4n) is 2.82. The van der Waals surface area contributed by atoms with Gasteiger partial charge in [-0.1, -0.05) is 27.5 Å². The topological polar surface area (TPSA) is 75.7 Å². The summed E-state index contributed by atoms with van der Waals surface area (Å²) >= 11 is 9.35. The standard InChI is InChI=1S/C19H16BrClN2O4/c1-10-7-15(16(27-2)9-14(10)21)22-17(24)5-6-23-18(25)12-4-3-11(20)8-13(12)19(23)26/h3-4,7-9H,5-6H2,1-2H3,(H,22,24). The van der Waals surface area contributed by atoms with Crippen LogP contribution < -0.4 is 10.1 Å². The first-order valence-corrected chi connectivity index (χ1v) is 9.28. The van der Waals surface area contributed by atoms with Gasteiger partial charge in [0.05, 0.1) is 23.9 Å². The van der Waals surface area contributed by atoms with Gasteiger partial charge in [-0.3, -0.25) is 19.3 Å². The Balaban J connectivity index is 1.68. The van der Waals surface area contributed by atoms with Crippen LogP contribution in [0.15, 0.2) is 34.8 Å². The number of halogens is 2. The first kappa shape index (κ1) is 19.4. The predicted molar refractivity (Wildman–Crippen MR) is 105 cm³/mol. The maximum Gasteiger partial charge on any atom is 0.261 e.